The standard InChI is InChI=1S/C16H18N2O3/c1-11-9-16(18-21-11)20-10-15(19)17-14-8-4-6-12-5-2-3-7-13(12)14/h2-3,5,7,9,14H,4,6,8,10H2,1H3,(H,17,19). The highest BCUT2D eigenvalue weighted by molar-refractivity contribution is 5.78. The Labute approximate surface area is 123 Å². The van der Waals surface area contributed by atoms with Crippen molar-refractivity contribution in [3.8, 4) is 5.88 Å². The van der Waals surface area contributed by atoms with Crippen LogP contribution in [0.4, 0.5) is 0 Å². The van der Waals surface area contributed by atoms with Crippen molar-refractivity contribution in [3.63, 3.8) is 0 Å². The lowest BCUT2D eigenvalue weighted by Crippen LogP contribution is -2.34. The van der Waals surface area contributed by atoms with Gasteiger partial charge in [-0.1, -0.05) is 24.3 Å². The molecule has 1 heterocycles. The summed E-state index contributed by atoms with van der Waals surface area (Å²) in [5.41, 5.74) is 2.54. The van der Waals surface area contributed by atoms with Crippen molar-refractivity contribution in [2.75, 3.05) is 6.61 Å². The van der Waals surface area contributed by atoms with E-state index in [0.29, 0.717) is 11.6 Å². The van der Waals surface area contributed by atoms with Gasteiger partial charge in [-0.25, -0.2) is 0 Å². The zero-order chi connectivity index (χ0) is 14.7. The number of carbonyl (C=O) groups excluding carboxylic acids is 1. The smallest absolute Gasteiger partial charge is 0.258 e. The minimum atomic E-state index is -0.141. The number of fused-ring (bicyclic) bond motifs is 1. The molecule has 1 amide bonds. The maximum absolute atomic E-state index is 12.0. The van der Waals surface area contributed by atoms with Gasteiger partial charge in [0.1, 0.15) is 5.76 Å². The fraction of sp³-hybridized carbons (Fsp3) is 0.375. The number of ether oxygens (including phenoxy) is 1. The van der Waals surface area contributed by atoms with Gasteiger partial charge in [0, 0.05) is 6.07 Å². The van der Waals surface area contributed by atoms with E-state index in [1.807, 2.05) is 12.1 Å². The zero-order valence-electron chi connectivity index (χ0n) is 12.0. The number of rotatable bonds is 4. The molecule has 2 aromatic rings. The molecule has 0 aliphatic heterocycles. The monoisotopic (exact) mass is 286 g/mol. The molecule has 0 spiro atoms. The van der Waals surface area contributed by atoms with E-state index in [9.17, 15) is 4.79 Å². The summed E-state index contributed by atoms with van der Waals surface area (Å²) >= 11 is 0. The zero-order valence-corrected chi connectivity index (χ0v) is 12.0. The van der Waals surface area contributed by atoms with E-state index in [0.717, 1.165) is 19.3 Å². The Morgan fingerprint density at radius 3 is 3.14 bits per heavy atom. The molecule has 1 aromatic carbocycles. The molecule has 0 saturated carbocycles. The van der Waals surface area contributed by atoms with Crippen molar-refractivity contribution in [2.24, 2.45) is 0 Å². The molecule has 3 rings (SSSR count). The Morgan fingerprint density at radius 2 is 2.33 bits per heavy atom. The lowest BCUT2D eigenvalue weighted by Gasteiger charge is -2.26. The van der Waals surface area contributed by atoms with Gasteiger partial charge in [-0.15, -0.1) is 0 Å². The fourth-order valence-electron chi connectivity index (χ4n) is 2.69. The molecule has 0 radical (unpaired) electrons. The van der Waals surface area contributed by atoms with Crippen LogP contribution < -0.4 is 10.1 Å². The van der Waals surface area contributed by atoms with Gasteiger partial charge < -0.3 is 14.6 Å². The number of nitrogens with zero attached hydrogens (tertiary/aromatic N) is 1. The van der Waals surface area contributed by atoms with E-state index in [2.05, 4.69) is 22.6 Å². The van der Waals surface area contributed by atoms with Crippen molar-refractivity contribution in [1.82, 2.24) is 10.5 Å². The number of amides is 1. The molecule has 5 heteroatoms. The van der Waals surface area contributed by atoms with Gasteiger partial charge in [0.2, 0.25) is 0 Å². The molecule has 1 aliphatic carbocycles. The Balaban J connectivity index is 1.58. The average molecular weight is 286 g/mol. The molecule has 0 bridgehead atoms. The fourth-order valence-corrected chi connectivity index (χ4v) is 2.69. The number of hydrogen-bond acceptors (Lipinski definition) is 4. The number of aryl methyl sites for hydroxylation is 2. The first-order valence-electron chi connectivity index (χ1n) is 7.15. The third-order valence-electron chi connectivity index (χ3n) is 3.66. The first-order valence-corrected chi connectivity index (χ1v) is 7.15. The molecule has 0 saturated heterocycles. The Kier molecular flexibility index (Phi) is 3.90. The summed E-state index contributed by atoms with van der Waals surface area (Å²) < 4.78 is 10.2. The van der Waals surface area contributed by atoms with Gasteiger partial charge in [0.25, 0.3) is 11.8 Å². The third-order valence-corrected chi connectivity index (χ3v) is 3.66. The van der Waals surface area contributed by atoms with E-state index in [1.54, 1.807) is 13.0 Å². The van der Waals surface area contributed by atoms with Crippen LogP contribution >= 0.6 is 0 Å². The number of carbonyl (C=O) groups is 1. The quantitative estimate of drug-likeness (QED) is 0.938. The van der Waals surface area contributed by atoms with Gasteiger partial charge in [-0.3, -0.25) is 4.79 Å². The molecule has 1 N–H and O–H groups in total. The summed E-state index contributed by atoms with van der Waals surface area (Å²) in [4.78, 5) is 12.0. The summed E-state index contributed by atoms with van der Waals surface area (Å²) in [7, 11) is 0. The second-order valence-corrected chi connectivity index (χ2v) is 5.28. The largest absolute Gasteiger partial charge is 0.465 e. The van der Waals surface area contributed by atoms with Crippen LogP contribution in [0.2, 0.25) is 0 Å². The van der Waals surface area contributed by atoms with Gasteiger partial charge in [-0.2, -0.15) is 0 Å². The first-order chi connectivity index (χ1) is 10.2. The predicted molar refractivity (Wildman–Crippen MR) is 77.0 cm³/mol. The predicted octanol–water partition coefficient (Wildman–Crippen LogP) is 2.56. The second kappa shape index (κ2) is 5.99. The summed E-state index contributed by atoms with van der Waals surface area (Å²) in [6, 6.07) is 9.99. The molecule has 1 aromatic heterocycles. The molecule has 1 aliphatic rings. The van der Waals surface area contributed by atoms with Crippen LogP contribution in [-0.2, 0) is 11.2 Å². The summed E-state index contributed by atoms with van der Waals surface area (Å²) in [6.45, 7) is 1.73. The highest BCUT2D eigenvalue weighted by Crippen LogP contribution is 2.29. The lowest BCUT2D eigenvalue weighted by atomic mass is 9.88. The normalized spacial score (nSPS) is 17.1. The number of aromatic nitrogens is 1. The third kappa shape index (κ3) is 3.24. The molecule has 110 valence electrons. The molecule has 1 unspecified atom stereocenters. The first kappa shape index (κ1) is 13.7. The Morgan fingerprint density at radius 1 is 1.48 bits per heavy atom. The summed E-state index contributed by atoms with van der Waals surface area (Å²) in [5.74, 6) is 0.857. The Bertz CT molecular complexity index is 636. The van der Waals surface area contributed by atoms with Crippen LogP contribution in [0.1, 0.15) is 35.8 Å². The Hall–Kier alpha value is -2.30. The van der Waals surface area contributed by atoms with Crippen LogP contribution in [0.5, 0.6) is 5.88 Å². The van der Waals surface area contributed by atoms with Gasteiger partial charge in [-0.05, 0) is 42.5 Å². The molecular formula is C16H18N2O3. The van der Waals surface area contributed by atoms with Crippen LogP contribution in [0.25, 0.3) is 0 Å². The van der Waals surface area contributed by atoms with Crippen molar-refractivity contribution in [1.29, 1.82) is 0 Å². The minimum absolute atomic E-state index is 0.0510. The topological polar surface area (TPSA) is 64.4 Å². The average Bonchev–Trinajstić information content (AvgIpc) is 2.91. The second-order valence-electron chi connectivity index (χ2n) is 5.28. The van der Waals surface area contributed by atoms with E-state index >= 15 is 0 Å². The maximum Gasteiger partial charge on any atom is 0.258 e. The molecule has 5 nitrogen and oxygen atoms in total. The van der Waals surface area contributed by atoms with Crippen molar-refractivity contribution < 1.29 is 14.1 Å². The lowest BCUT2D eigenvalue weighted by molar-refractivity contribution is -0.124. The summed E-state index contributed by atoms with van der Waals surface area (Å²) in [5, 5.41) is 6.72. The molecule has 1 atom stereocenters. The minimum Gasteiger partial charge on any atom is -0.465 e. The van der Waals surface area contributed by atoms with Gasteiger partial charge in [0.15, 0.2) is 6.61 Å². The molecular weight excluding hydrogens is 268 g/mol. The van der Waals surface area contributed by atoms with Crippen molar-refractivity contribution >= 4 is 5.91 Å². The van der Waals surface area contributed by atoms with Gasteiger partial charge in [0.05, 0.1) is 6.04 Å². The highest BCUT2D eigenvalue weighted by Gasteiger charge is 2.21. The van der Waals surface area contributed by atoms with E-state index in [-0.39, 0.29) is 18.6 Å². The van der Waals surface area contributed by atoms with Gasteiger partial charge >= 0.3 is 0 Å². The van der Waals surface area contributed by atoms with Crippen LogP contribution in [0.15, 0.2) is 34.9 Å². The van der Waals surface area contributed by atoms with E-state index in [1.165, 1.54) is 11.1 Å². The van der Waals surface area contributed by atoms with Crippen LogP contribution in [0.3, 0.4) is 0 Å². The van der Waals surface area contributed by atoms with E-state index < -0.39 is 0 Å². The summed E-state index contributed by atoms with van der Waals surface area (Å²) in [6.07, 6.45) is 3.13. The molecule has 21 heavy (non-hydrogen) atoms. The number of nitrogens with one attached hydrogen (secondary N) is 1. The maximum atomic E-state index is 12.0. The van der Waals surface area contributed by atoms with Crippen LogP contribution in [0, 0.1) is 6.92 Å². The van der Waals surface area contributed by atoms with E-state index in [4.69, 9.17) is 9.26 Å². The SMILES string of the molecule is Cc1cc(OCC(=O)NC2CCCc3ccccc32)no1. The molecule has 0 fully saturated rings. The van der Waals surface area contributed by atoms with Crippen molar-refractivity contribution in [3.05, 3.63) is 47.2 Å². The highest BCUT2D eigenvalue weighted by atomic mass is 16.5. The number of hydrogen-bond donors (Lipinski definition) is 1. The van der Waals surface area contributed by atoms with Crippen LogP contribution in [-0.4, -0.2) is 17.7 Å². The van der Waals surface area contributed by atoms with Crippen molar-refractivity contribution in [2.45, 2.75) is 32.2 Å². The number of benzene rings is 1.